The van der Waals surface area contributed by atoms with Gasteiger partial charge in [-0.1, -0.05) is 31.2 Å². The third kappa shape index (κ3) is 5.98. The molecule has 1 rings (SSSR count). The van der Waals surface area contributed by atoms with Crippen LogP contribution in [0.2, 0.25) is 0 Å². The number of benzene rings is 1. The van der Waals surface area contributed by atoms with E-state index in [4.69, 9.17) is 5.11 Å². The van der Waals surface area contributed by atoms with Crippen LogP contribution in [0.25, 0.3) is 0 Å². The predicted molar refractivity (Wildman–Crippen MR) is 83.3 cm³/mol. The molecule has 0 spiro atoms. The van der Waals surface area contributed by atoms with Gasteiger partial charge in [-0.25, -0.2) is 0 Å². The minimum atomic E-state index is -0.842. The van der Waals surface area contributed by atoms with Crippen LogP contribution >= 0.6 is 0 Å². The molecule has 0 radical (unpaired) electrons. The molecule has 0 aliphatic carbocycles. The van der Waals surface area contributed by atoms with E-state index < -0.39 is 11.5 Å². The zero-order valence-electron chi connectivity index (χ0n) is 13.3. The second-order valence-corrected chi connectivity index (χ2v) is 6.29. The Kier molecular flexibility index (Phi) is 5.94. The smallest absolute Gasteiger partial charge is 0.303 e. The van der Waals surface area contributed by atoms with Crippen molar-refractivity contribution in [2.24, 2.45) is 0 Å². The van der Waals surface area contributed by atoms with E-state index >= 15 is 0 Å². The van der Waals surface area contributed by atoms with E-state index in [2.05, 4.69) is 5.32 Å². The monoisotopic (exact) mass is 291 g/mol. The average molecular weight is 291 g/mol. The molecule has 1 aromatic rings. The lowest BCUT2D eigenvalue weighted by Crippen LogP contribution is -2.44. The van der Waals surface area contributed by atoms with Crippen molar-refractivity contribution < 1.29 is 14.7 Å². The highest BCUT2D eigenvalue weighted by atomic mass is 16.4. The van der Waals surface area contributed by atoms with E-state index in [1.807, 2.05) is 52.0 Å². The van der Waals surface area contributed by atoms with Crippen LogP contribution in [0.1, 0.15) is 57.1 Å². The van der Waals surface area contributed by atoms with Crippen LogP contribution < -0.4 is 5.32 Å². The Bertz CT molecular complexity index is 509. The van der Waals surface area contributed by atoms with Crippen molar-refractivity contribution in [3.05, 3.63) is 35.4 Å². The van der Waals surface area contributed by atoms with Crippen LogP contribution in [0, 0.1) is 6.92 Å². The molecule has 4 heteroatoms. The highest BCUT2D eigenvalue weighted by molar-refractivity contribution is 5.77. The molecule has 4 nitrogen and oxygen atoms in total. The van der Waals surface area contributed by atoms with Crippen LogP contribution in [0.4, 0.5) is 0 Å². The molecular formula is C17H25NO3. The lowest BCUT2D eigenvalue weighted by atomic mass is 9.92. The maximum Gasteiger partial charge on any atom is 0.303 e. The van der Waals surface area contributed by atoms with Crippen molar-refractivity contribution in [2.75, 3.05) is 0 Å². The van der Waals surface area contributed by atoms with Gasteiger partial charge in [0.1, 0.15) is 0 Å². The van der Waals surface area contributed by atoms with Crippen LogP contribution in [0.3, 0.4) is 0 Å². The number of carbonyl (C=O) groups is 2. The fourth-order valence-electron chi connectivity index (χ4n) is 2.44. The fraction of sp³-hybridized carbons (Fsp3) is 0.529. The quantitative estimate of drug-likeness (QED) is 0.810. The van der Waals surface area contributed by atoms with Crippen molar-refractivity contribution in [3.8, 4) is 0 Å². The van der Waals surface area contributed by atoms with Crippen LogP contribution in [-0.2, 0) is 9.59 Å². The van der Waals surface area contributed by atoms with Gasteiger partial charge in [0, 0.05) is 18.4 Å². The van der Waals surface area contributed by atoms with Gasteiger partial charge in [-0.3, -0.25) is 9.59 Å². The summed E-state index contributed by atoms with van der Waals surface area (Å²) in [6.07, 6.45) is 0.884. The molecule has 2 N–H and O–H groups in total. The number of rotatable bonds is 7. The molecule has 0 aromatic heterocycles. The summed E-state index contributed by atoms with van der Waals surface area (Å²) in [6.45, 7) is 7.78. The van der Waals surface area contributed by atoms with Crippen molar-refractivity contribution in [2.45, 2.75) is 58.4 Å². The van der Waals surface area contributed by atoms with Crippen molar-refractivity contribution in [1.29, 1.82) is 0 Å². The van der Waals surface area contributed by atoms with Gasteiger partial charge in [0.15, 0.2) is 0 Å². The van der Waals surface area contributed by atoms with Crippen molar-refractivity contribution in [1.82, 2.24) is 5.32 Å². The van der Waals surface area contributed by atoms with Crippen molar-refractivity contribution >= 4 is 11.9 Å². The van der Waals surface area contributed by atoms with Gasteiger partial charge in [0.2, 0.25) is 5.91 Å². The number of aryl methyl sites for hydroxylation is 1. The normalized spacial score (nSPS) is 12.8. The van der Waals surface area contributed by atoms with Gasteiger partial charge in [-0.2, -0.15) is 0 Å². The summed E-state index contributed by atoms with van der Waals surface area (Å²) >= 11 is 0. The number of amides is 1. The largest absolute Gasteiger partial charge is 0.481 e. The van der Waals surface area contributed by atoms with Gasteiger partial charge in [-0.05, 0) is 44.2 Å². The van der Waals surface area contributed by atoms with Crippen LogP contribution in [-0.4, -0.2) is 22.5 Å². The summed E-state index contributed by atoms with van der Waals surface area (Å²) in [6, 6.07) is 8.05. The number of nitrogens with one attached hydrogen (secondary N) is 1. The number of hydrogen-bond acceptors (Lipinski definition) is 2. The maximum absolute atomic E-state index is 12.1. The van der Waals surface area contributed by atoms with Gasteiger partial charge in [-0.15, -0.1) is 0 Å². The van der Waals surface area contributed by atoms with Crippen LogP contribution in [0.15, 0.2) is 24.3 Å². The first kappa shape index (κ1) is 17.2. The van der Waals surface area contributed by atoms with Gasteiger partial charge in [0.05, 0.1) is 0 Å². The molecule has 21 heavy (non-hydrogen) atoms. The van der Waals surface area contributed by atoms with Gasteiger partial charge in [0.25, 0.3) is 0 Å². The molecule has 1 aromatic carbocycles. The lowest BCUT2D eigenvalue weighted by Gasteiger charge is -2.26. The molecule has 0 bridgehead atoms. The fourth-order valence-corrected chi connectivity index (χ4v) is 2.44. The number of carboxylic acid groups (broad SMARTS) is 1. The van der Waals surface area contributed by atoms with E-state index in [9.17, 15) is 9.59 Å². The van der Waals surface area contributed by atoms with Crippen molar-refractivity contribution in [3.63, 3.8) is 0 Å². The predicted octanol–water partition coefficient (Wildman–Crippen LogP) is 3.25. The number of carboxylic acids is 1. The minimum Gasteiger partial charge on any atom is -0.481 e. The standard InChI is InChI=1S/C17H25NO3/c1-12-7-5-6-8-14(12)13(2)11-15(19)18-17(3,4)10-9-16(20)21/h5-8,13H,9-11H2,1-4H3,(H,18,19)(H,20,21). The molecule has 0 saturated heterocycles. The third-order valence-electron chi connectivity index (χ3n) is 3.65. The second kappa shape index (κ2) is 7.25. The summed E-state index contributed by atoms with van der Waals surface area (Å²) in [5, 5.41) is 11.7. The molecule has 0 heterocycles. The number of carbonyl (C=O) groups excluding carboxylic acids is 1. The topological polar surface area (TPSA) is 66.4 Å². The second-order valence-electron chi connectivity index (χ2n) is 6.29. The SMILES string of the molecule is Cc1ccccc1C(C)CC(=O)NC(C)(C)CCC(=O)O. The Labute approximate surface area is 126 Å². The molecule has 1 unspecified atom stereocenters. The zero-order chi connectivity index (χ0) is 16.0. The first-order valence-electron chi connectivity index (χ1n) is 7.29. The summed E-state index contributed by atoms with van der Waals surface area (Å²) in [5.74, 6) is -0.742. The third-order valence-corrected chi connectivity index (χ3v) is 3.65. The molecule has 1 atom stereocenters. The molecule has 0 aliphatic heterocycles. The summed E-state index contributed by atoms with van der Waals surface area (Å²) in [5.41, 5.74) is 1.86. The van der Waals surface area contributed by atoms with Crippen LogP contribution in [0.5, 0.6) is 0 Å². The minimum absolute atomic E-state index is 0.0406. The Hall–Kier alpha value is -1.84. The highest BCUT2D eigenvalue weighted by Gasteiger charge is 2.22. The molecule has 0 fully saturated rings. The molecule has 0 saturated carbocycles. The summed E-state index contributed by atoms with van der Waals surface area (Å²) in [7, 11) is 0. The van der Waals surface area contributed by atoms with E-state index in [1.54, 1.807) is 0 Å². The zero-order valence-corrected chi connectivity index (χ0v) is 13.3. The Morgan fingerprint density at radius 3 is 2.48 bits per heavy atom. The summed E-state index contributed by atoms with van der Waals surface area (Å²) < 4.78 is 0. The number of hydrogen-bond donors (Lipinski definition) is 2. The van der Waals surface area contributed by atoms with E-state index in [-0.39, 0.29) is 18.2 Å². The number of aliphatic carboxylic acids is 1. The molecular weight excluding hydrogens is 266 g/mol. The van der Waals surface area contributed by atoms with Gasteiger partial charge < -0.3 is 10.4 Å². The maximum atomic E-state index is 12.1. The Morgan fingerprint density at radius 1 is 1.29 bits per heavy atom. The van der Waals surface area contributed by atoms with E-state index in [0.29, 0.717) is 12.8 Å². The lowest BCUT2D eigenvalue weighted by molar-refractivity contribution is -0.137. The Morgan fingerprint density at radius 2 is 1.90 bits per heavy atom. The van der Waals surface area contributed by atoms with Gasteiger partial charge >= 0.3 is 5.97 Å². The first-order chi connectivity index (χ1) is 9.71. The summed E-state index contributed by atoms with van der Waals surface area (Å²) in [4.78, 5) is 22.8. The molecule has 1 amide bonds. The van der Waals surface area contributed by atoms with E-state index in [1.165, 1.54) is 11.1 Å². The Balaban J connectivity index is 2.57. The molecule has 0 aliphatic rings. The van der Waals surface area contributed by atoms with E-state index in [0.717, 1.165) is 0 Å². The molecule has 116 valence electrons. The highest BCUT2D eigenvalue weighted by Crippen LogP contribution is 2.23. The average Bonchev–Trinajstić information content (AvgIpc) is 2.36. The first-order valence-corrected chi connectivity index (χ1v) is 7.29.